The van der Waals surface area contributed by atoms with Gasteiger partial charge in [0.25, 0.3) is 0 Å². The quantitative estimate of drug-likeness (QED) is 0.869. The van der Waals surface area contributed by atoms with Crippen molar-refractivity contribution in [2.75, 3.05) is 25.0 Å². The van der Waals surface area contributed by atoms with Gasteiger partial charge in [-0.05, 0) is 38.9 Å². The minimum atomic E-state index is 0. The molecule has 1 aliphatic rings. The average molecular weight is 368 g/mol. The van der Waals surface area contributed by atoms with Gasteiger partial charge >= 0.3 is 0 Å². The van der Waals surface area contributed by atoms with Gasteiger partial charge in [0, 0.05) is 19.1 Å². The second-order valence-corrected chi connectivity index (χ2v) is 4.11. The number of hydrogen-bond donors (Lipinski definition) is 1. The van der Waals surface area contributed by atoms with Crippen LogP contribution >= 0.6 is 34.0 Å². The fraction of sp³-hybridized carbons (Fsp3) is 0.636. The molecule has 1 saturated heterocycles. The molecule has 1 N–H and O–H groups in total. The molecule has 1 unspecified atom stereocenters. The molecular weight excluding hydrogens is 348 g/mol. The second-order valence-electron chi connectivity index (χ2n) is 4.11. The number of aryl methyl sites for hydroxylation is 1. The Hall–Kier alpha value is -0.200. The number of nitrogens with zero attached hydrogens (tertiary/aromatic N) is 3. The first-order chi connectivity index (χ1) is 7.29. The summed E-state index contributed by atoms with van der Waals surface area (Å²) < 4.78 is 0. The third kappa shape index (κ3) is 4.52. The standard InChI is InChI=1S/C11H18N4.2BrH/c1-9-5-6-11(14-13-9)15-7-3-4-10(8-15)12-2;;/h5-6,10,12H,3-4,7-8H2,1-2H3;2*1H. The van der Waals surface area contributed by atoms with Gasteiger partial charge in [0.1, 0.15) is 0 Å². The van der Waals surface area contributed by atoms with E-state index in [1.54, 1.807) is 0 Å². The zero-order valence-electron chi connectivity index (χ0n) is 10.2. The molecule has 17 heavy (non-hydrogen) atoms. The van der Waals surface area contributed by atoms with Gasteiger partial charge < -0.3 is 10.2 Å². The van der Waals surface area contributed by atoms with Crippen molar-refractivity contribution in [2.45, 2.75) is 25.8 Å². The van der Waals surface area contributed by atoms with E-state index in [0.29, 0.717) is 6.04 Å². The molecule has 0 amide bonds. The molecule has 1 aromatic rings. The molecule has 1 atom stereocenters. The summed E-state index contributed by atoms with van der Waals surface area (Å²) in [7, 11) is 2.02. The van der Waals surface area contributed by atoms with Gasteiger partial charge in [-0.25, -0.2) is 0 Å². The lowest BCUT2D eigenvalue weighted by Gasteiger charge is -2.33. The summed E-state index contributed by atoms with van der Waals surface area (Å²) in [4.78, 5) is 2.30. The van der Waals surface area contributed by atoms with Crippen molar-refractivity contribution < 1.29 is 0 Å². The zero-order chi connectivity index (χ0) is 10.7. The normalized spacial score (nSPS) is 19.2. The Morgan fingerprint density at radius 1 is 1.29 bits per heavy atom. The first kappa shape index (κ1) is 16.8. The highest BCUT2D eigenvalue weighted by atomic mass is 79.9. The van der Waals surface area contributed by atoms with Crippen molar-refractivity contribution in [3.8, 4) is 0 Å². The SMILES string of the molecule is Br.Br.CNC1CCCN(c2ccc(C)nn2)C1. The van der Waals surface area contributed by atoms with Gasteiger partial charge in [-0.2, -0.15) is 5.10 Å². The molecule has 0 spiro atoms. The Morgan fingerprint density at radius 2 is 2.06 bits per heavy atom. The van der Waals surface area contributed by atoms with Gasteiger partial charge in [0.05, 0.1) is 5.69 Å². The van der Waals surface area contributed by atoms with Gasteiger partial charge in [0.15, 0.2) is 5.82 Å². The monoisotopic (exact) mass is 366 g/mol. The zero-order valence-corrected chi connectivity index (χ0v) is 13.6. The minimum absolute atomic E-state index is 0. The van der Waals surface area contributed by atoms with E-state index in [9.17, 15) is 0 Å². The summed E-state index contributed by atoms with van der Waals surface area (Å²) in [6.45, 7) is 4.09. The van der Waals surface area contributed by atoms with Crippen LogP contribution in [-0.2, 0) is 0 Å². The Balaban J connectivity index is 0.00000128. The van der Waals surface area contributed by atoms with Crippen molar-refractivity contribution in [2.24, 2.45) is 0 Å². The molecule has 4 nitrogen and oxygen atoms in total. The number of rotatable bonds is 2. The van der Waals surface area contributed by atoms with Crippen LogP contribution in [-0.4, -0.2) is 36.4 Å². The number of nitrogens with one attached hydrogen (secondary N) is 1. The van der Waals surface area contributed by atoms with Crippen LogP contribution in [0.3, 0.4) is 0 Å². The molecule has 0 saturated carbocycles. The van der Waals surface area contributed by atoms with Crippen LogP contribution in [0, 0.1) is 6.92 Å². The van der Waals surface area contributed by atoms with E-state index in [4.69, 9.17) is 0 Å². The first-order valence-electron chi connectivity index (χ1n) is 5.52. The van der Waals surface area contributed by atoms with Crippen LogP contribution in [0.2, 0.25) is 0 Å². The molecular formula is C11H20Br2N4. The number of likely N-dealkylation sites (N-methyl/N-ethyl adjacent to an activating group) is 1. The van der Waals surface area contributed by atoms with Crippen molar-refractivity contribution in [3.63, 3.8) is 0 Å². The molecule has 0 aliphatic carbocycles. The molecule has 6 heteroatoms. The Morgan fingerprint density at radius 3 is 2.65 bits per heavy atom. The third-order valence-corrected chi connectivity index (χ3v) is 2.94. The molecule has 1 aliphatic heterocycles. The van der Waals surface area contributed by atoms with E-state index in [-0.39, 0.29) is 34.0 Å². The molecule has 0 radical (unpaired) electrons. The molecule has 0 aromatic carbocycles. The fourth-order valence-electron chi connectivity index (χ4n) is 1.98. The van der Waals surface area contributed by atoms with Crippen LogP contribution in [0.15, 0.2) is 12.1 Å². The lowest BCUT2D eigenvalue weighted by molar-refractivity contribution is 0.447. The van der Waals surface area contributed by atoms with E-state index in [2.05, 4.69) is 26.5 Å². The predicted octanol–water partition coefficient (Wildman–Crippen LogP) is 2.13. The second kappa shape index (κ2) is 8.00. The summed E-state index contributed by atoms with van der Waals surface area (Å²) in [5.41, 5.74) is 0.973. The number of anilines is 1. The van der Waals surface area contributed by atoms with E-state index in [1.807, 2.05) is 20.0 Å². The van der Waals surface area contributed by atoms with Crippen molar-refractivity contribution in [1.82, 2.24) is 15.5 Å². The van der Waals surface area contributed by atoms with Gasteiger partial charge in [-0.3, -0.25) is 0 Å². The van der Waals surface area contributed by atoms with Crippen molar-refractivity contribution in [3.05, 3.63) is 17.8 Å². The Kier molecular flexibility index (Phi) is 7.91. The lowest BCUT2D eigenvalue weighted by Crippen LogP contribution is -2.44. The molecule has 2 rings (SSSR count). The van der Waals surface area contributed by atoms with Crippen LogP contribution in [0.4, 0.5) is 5.82 Å². The van der Waals surface area contributed by atoms with Crippen molar-refractivity contribution >= 4 is 39.8 Å². The van der Waals surface area contributed by atoms with Gasteiger partial charge in [0.2, 0.25) is 0 Å². The average Bonchev–Trinajstić information content (AvgIpc) is 2.30. The van der Waals surface area contributed by atoms with Gasteiger partial charge in [-0.15, -0.1) is 39.1 Å². The lowest BCUT2D eigenvalue weighted by atomic mass is 10.1. The maximum Gasteiger partial charge on any atom is 0.151 e. The van der Waals surface area contributed by atoms with Crippen LogP contribution < -0.4 is 10.2 Å². The Labute approximate surface area is 124 Å². The van der Waals surface area contributed by atoms with E-state index in [1.165, 1.54) is 12.8 Å². The topological polar surface area (TPSA) is 41.0 Å². The highest BCUT2D eigenvalue weighted by Gasteiger charge is 2.19. The number of aromatic nitrogens is 2. The minimum Gasteiger partial charge on any atom is -0.354 e. The van der Waals surface area contributed by atoms with E-state index in [0.717, 1.165) is 24.6 Å². The summed E-state index contributed by atoms with van der Waals surface area (Å²) >= 11 is 0. The number of piperidine rings is 1. The van der Waals surface area contributed by atoms with Crippen molar-refractivity contribution in [1.29, 1.82) is 0 Å². The molecule has 0 bridgehead atoms. The molecule has 2 heterocycles. The highest BCUT2D eigenvalue weighted by Crippen LogP contribution is 2.16. The smallest absolute Gasteiger partial charge is 0.151 e. The van der Waals surface area contributed by atoms with E-state index < -0.39 is 0 Å². The molecule has 1 fully saturated rings. The maximum atomic E-state index is 4.22. The summed E-state index contributed by atoms with van der Waals surface area (Å²) in [5.74, 6) is 1.00. The number of hydrogen-bond acceptors (Lipinski definition) is 4. The number of halogens is 2. The summed E-state index contributed by atoms with van der Waals surface area (Å²) in [6.07, 6.45) is 2.48. The Bertz CT molecular complexity index is 318. The van der Waals surface area contributed by atoms with Crippen LogP contribution in [0.5, 0.6) is 0 Å². The van der Waals surface area contributed by atoms with E-state index >= 15 is 0 Å². The summed E-state index contributed by atoms with van der Waals surface area (Å²) in [5, 5.41) is 11.6. The molecule has 98 valence electrons. The highest BCUT2D eigenvalue weighted by molar-refractivity contribution is 8.93. The first-order valence-corrected chi connectivity index (χ1v) is 5.52. The fourth-order valence-corrected chi connectivity index (χ4v) is 1.98. The maximum absolute atomic E-state index is 4.22. The van der Waals surface area contributed by atoms with Gasteiger partial charge in [-0.1, -0.05) is 0 Å². The summed E-state index contributed by atoms with van der Waals surface area (Å²) in [6, 6.07) is 4.66. The third-order valence-electron chi connectivity index (χ3n) is 2.94. The van der Waals surface area contributed by atoms with Crippen LogP contribution in [0.25, 0.3) is 0 Å². The predicted molar refractivity (Wildman–Crippen MR) is 81.7 cm³/mol. The van der Waals surface area contributed by atoms with Crippen LogP contribution in [0.1, 0.15) is 18.5 Å². The molecule has 1 aromatic heterocycles. The largest absolute Gasteiger partial charge is 0.354 e.